The molecular weight excluding hydrogens is 598 g/mol. The number of hydrogen-bond donors (Lipinski definition) is 4. The van der Waals surface area contributed by atoms with Gasteiger partial charge in [0.25, 0.3) is 0 Å². The average molecular weight is 640 g/mol. The van der Waals surface area contributed by atoms with E-state index in [4.69, 9.17) is 4.42 Å². The third-order valence-electron chi connectivity index (χ3n) is 9.74. The van der Waals surface area contributed by atoms with Gasteiger partial charge in [-0.25, -0.2) is 4.98 Å². The second kappa shape index (κ2) is 13.7. The Labute approximate surface area is 273 Å². The summed E-state index contributed by atoms with van der Waals surface area (Å²) < 4.78 is 6.05. The van der Waals surface area contributed by atoms with Gasteiger partial charge in [0.1, 0.15) is 12.1 Å². The van der Waals surface area contributed by atoms with Crippen LogP contribution in [0.1, 0.15) is 51.4 Å². The monoisotopic (exact) mass is 639 g/mol. The lowest BCUT2D eigenvalue weighted by atomic mass is 10.1. The van der Waals surface area contributed by atoms with Crippen molar-refractivity contribution in [1.82, 2.24) is 25.4 Å². The minimum absolute atomic E-state index is 0.0235. The maximum absolute atomic E-state index is 13.1. The summed E-state index contributed by atoms with van der Waals surface area (Å²) >= 11 is 0. The predicted octanol–water partition coefficient (Wildman–Crippen LogP) is 3.37. The zero-order chi connectivity index (χ0) is 32.3. The van der Waals surface area contributed by atoms with E-state index in [1.165, 1.54) is 0 Å². The van der Waals surface area contributed by atoms with E-state index >= 15 is 0 Å². The Kier molecular flexibility index (Phi) is 9.03. The summed E-state index contributed by atoms with van der Waals surface area (Å²) in [4.78, 5) is 60.0. The normalized spacial score (nSPS) is 24.1. The van der Waals surface area contributed by atoms with Crippen LogP contribution in [0.15, 0.2) is 59.1 Å². The molecule has 12 heteroatoms. The van der Waals surface area contributed by atoms with E-state index in [0.29, 0.717) is 49.0 Å². The SMILES string of the molecule is O=C(Nc1ccc(-c2cnc(-c3ccc(NC(=O)[C@@H]4CCCN4C(=O)[C@@H]4CCCN4)cc3)o2)cc1)C1CCCN1C(=O)[C@@H]1CCCN1. The third-order valence-corrected chi connectivity index (χ3v) is 9.74. The number of oxazole rings is 1. The highest BCUT2D eigenvalue weighted by Crippen LogP contribution is 2.29. The number of amides is 4. The van der Waals surface area contributed by atoms with E-state index in [0.717, 1.165) is 62.7 Å². The zero-order valence-electron chi connectivity index (χ0n) is 26.4. The number of rotatable bonds is 8. The van der Waals surface area contributed by atoms with Crippen molar-refractivity contribution < 1.29 is 23.6 Å². The molecule has 5 heterocycles. The summed E-state index contributed by atoms with van der Waals surface area (Å²) in [6.07, 6.45) is 8.22. The van der Waals surface area contributed by atoms with Gasteiger partial charge < -0.3 is 35.5 Å². The molecule has 7 rings (SSSR count). The Morgan fingerprint density at radius 3 is 1.62 bits per heavy atom. The van der Waals surface area contributed by atoms with Gasteiger partial charge in [-0.05, 0) is 113 Å². The Bertz CT molecular complexity index is 1490. The van der Waals surface area contributed by atoms with Gasteiger partial charge in [0.15, 0.2) is 5.76 Å². The molecule has 0 aliphatic carbocycles. The molecule has 1 unspecified atom stereocenters. The van der Waals surface area contributed by atoms with Gasteiger partial charge in [-0.15, -0.1) is 0 Å². The van der Waals surface area contributed by atoms with E-state index in [2.05, 4.69) is 26.3 Å². The van der Waals surface area contributed by atoms with Gasteiger partial charge in [-0.1, -0.05) is 0 Å². The molecule has 4 fully saturated rings. The maximum Gasteiger partial charge on any atom is 0.247 e. The Hall–Kier alpha value is -4.55. The smallest absolute Gasteiger partial charge is 0.247 e. The second-order valence-corrected chi connectivity index (χ2v) is 12.8. The van der Waals surface area contributed by atoms with Crippen molar-refractivity contribution in [2.75, 3.05) is 36.8 Å². The Morgan fingerprint density at radius 1 is 0.660 bits per heavy atom. The lowest BCUT2D eigenvalue weighted by Crippen LogP contribution is -2.49. The zero-order valence-corrected chi connectivity index (χ0v) is 26.4. The number of nitrogens with zero attached hydrogens (tertiary/aromatic N) is 3. The van der Waals surface area contributed by atoms with Crippen LogP contribution in [0.5, 0.6) is 0 Å². The van der Waals surface area contributed by atoms with Gasteiger partial charge >= 0.3 is 0 Å². The number of aromatic nitrogens is 1. The Balaban J connectivity index is 0.940. The summed E-state index contributed by atoms with van der Waals surface area (Å²) in [6.45, 7) is 2.90. The summed E-state index contributed by atoms with van der Waals surface area (Å²) in [7, 11) is 0. The van der Waals surface area contributed by atoms with Gasteiger partial charge in [0, 0.05) is 35.6 Å². The summed E-state index contributed by atoms with van der Waals surface area (Å²) in [5, 5.41) is 12.4. The standard InChI is InChI=1S/C35H41N7O5/c43-31(28-7-3-19-41(28)34(45)26-5-1-17-36-26)39-24-13-9-22(10-14-24)30-21-38-33(47-30)23-11-15-25(16-12-23)40-32(44)29-8-4-20-42(29)35(46)27-6-2-18-37-27/h9-16,21,26-29,36-37H,1-8,17-20H2,(H,39,43)(H,40,44)/t26-,27-,28?,29-/m0/s1. The van der Waals surface area contributed by atoms with Crippen LogP contribution < -0.4 is 21.3 Å². The molecule has 4 aliphatic heterocycles. The number of carbonyl (C=O) groups is 4. The molecule has 0 saturated carbocycles. The van der Waals surface area contributed by atoms with Gasteiger partial charge in [-0.3, -0.25) is 19.2 Å². The minimum Gasteiger partial charge on any atom is -0.436 e. The van der Waals surface area contributed by atoms with Gasteiger partial charge in [0.05, 0.1) is 18.3 Å². The number of hydrogen-bond acceptors (Lipinski definition) is 8. The summed E-state index contributed by atoms with van der Waals surface area (Å²) in [6, 6.07) is 13.3. The molecule has 3 aromatic rings. The average Bonchev–Trinajstić information content (AvgIpc) is 3.93. The van der Waals surface area contributed by atoms with E-state index in [9.17, 15) is 19.2 Å². The number of benzene rings is 2. The lowest BCUT2D eigenvalue weighted by molar-refractivity contribution is -0.138. The minimum atomic E-state index is -0.459. The highest BCUT2D eigenvalue weighted by atomic mass is 16.4. The van der Waals surface area contributed by atoms with Crippen molar-refractivity contribution in [3.8, 4) is 22.8 Å². The van der Waals surface area contributed by atoms with E-state index < -0.39 is 12.1 Å². The van der Waals surface area contributed by atoms with Crippen LogP contribution >= 0.6 is 0 Å². The topological polar surface area (TPSA) is 149 Å². The molecule has 246 valence electrons. The molecule has 4 N–H and O–H groups in total. The molecule has 12 nitrogen and oxygen atoms in total. The molecule has 2 aromatic carbocycles. The van der Waals surface area contributed by atoms with Crippen molar-refractivity contribution in [2.45, 2.75) is 75.5 Å². The first-order chi connectivity index (χ1) is 22.9. The molecular formula is C35H41N7O5. The van der Waals surface area contributed by atoms with Crippen LogP contribution in [-0.4, -0.2) is 88.8 Å². The summed E-state index contributed by atoms with van der Waals surface area (Å²) in [5.74, 6) is 0.727. The third kappa shape index (κ3) is 6.66. The molecule has 0 radical (unpaired) electrons. The number of carbonyl (C=O) groups excluding carboxylic acids is 4. The molecule has 4 aliphatic rings. The van der Waals surface area contributed by atoms with Crippen molar-refractivity contribution in [2.24, 2.45) is 0 Å². The number of likely N-dealkylation sites (tertiary alicyclic amines) is 2. The van der Waals surface area contributed by atoms with Crippen LogP contribution in [0.25, 0.3) is 22.8 Å². The molecule has 4 atom stereocenters. The van der Waals surface area contributed by atoms with E-state index in [1.807, 2.05) is 36.4 Å². The predicted molar refractivity (Wildman–Crippen MR) is 176 cm³/mol. The van der Waals surface area contributed by atoms with Gasteiger partial charge in [-0.2, -0.15) is 0 Å². The largest absolute Gasteiger partial charge is 0.436 e. The van der Waals surface area contributed by atoms with Crippen LogP contribution in [-0.2, 0) is 19.2 Å². The number of anilines is 2. The second-order valence-electron chi connectivity index (χ2n) is 12.8. The van der Waals surface area contributed by atoms with Crippen molar-refractivity contribution >= 4 is 35.0 Å². The number of nitrogens with one attached hydrogen (secondary N) is 4. The van der Waals surface area contributed by atoms with Crippen molar-refractivity contribution in [3.05, 3.63) is 54.7 Å². The van der Waals surface area contributed by atoms with Crippen LogP contribution in [0.4, 0.5) is 11.4 Å². The van der Waals surface area contributed by atoms with Crippen LogP contribution in [0.2, 0.25) is 0 Å². The maximum atomic E-state index is 13.1. The Morgan fingerprint density at radius 2 is 1.15 bits per heavy atom. The molecule has 0 bridgehead atoms. The first-order valence-electron chi connectivity index (χ1n) is 16.8. The van der Waals surface area contributed by atoms with Crippen LogP contribution in [0, 0.1) is 0 Å². The first kappa shape index (κ1) is 31.1. The van der Waals surface area contributed by atoms with E-state index in [1.54, 1.807) is 28.1 Å². The fourth-order valence-electron chi connectivity index (χ4n) is 7.20. The molecule has 0 spiro atoms. The molecule has 1 aromatic heterocycles. The van der Waals surface area contributed by atoms with E-state index in [-0.39, 0.29) is 35.7 Å². The first-order valence-corrected chi connectivity index (χ1v) is 16.8. The fourth-order valence-corrected chi connectivity index (χ4v) is 7.20. The molecule has 4 amide bonds. The van der Waals surface area contributed by atoms with Gasteiger partial charge in [0.2, 0.25) is 29.5 Å². The highest BCUT2D eigenvalue weighted by Gasteiger charge is 2.39. The van der Waals surface area contributed by atoms with Crippen molar-refractivity contribution in [1.29, 1.82) is 0 Å². The summed E-state index contributed by atoms with van der Waals surface area (Å²) in [5.41, 5.74) is 2.85. The lowest BCUT2D eigenvalue weighted by Gasteiger charge is -2.26. The highest BCUT2D eigenvalue weighted by molar-refractivity contribution is 5.99. The molecule has 4 saturated heterocycles. The van der Waals surface area contributed by atoms with Crippen LogP contribution in [0.3, 0.4) is 0 Å². The fraction of sp³-hybridized carbons (Fsp3) is 0.457. The van der Waals surface area contributed by atoms with Crippen molar-refractivity contribution in [3.63, 3.8) is 0 Å². The quantitative estimate of drug-likeness (QED) is 0.293. The molecule has 47 heavy (non-hydrogen) atoms.